The first-order valence-corrected chi connectivity index (χ1v) is 4.69. The maximum absolute atomic E-state index is 11.8. The van der Waals surface area contributed by atoms with Gasteiger partial charge in [0.2, 0.25) is 0 Å². The predicted molar refractivity (Wildman–Crippen MR) is 67.2 cm³/mol. The van der Waals surface area contributed by atoms with Gasteiger partial charge in [-0.2, -0.15) is 13.2 Å². The minimum atomic E-state index is -4.18. The van der Waals surface area contributed by atoms with E-state index in [4.69, 9.17) is 5.11 Å². The molecule has 0 aromatic heterocycles. The topological polar surface area (TPSA) is 56.7 Å². The fourth-order valence-corrected chi connectivity index (χ4v) is 0.811. The zero-order valence-corrected chi connectivity index (χ0v) is 11.3. The van der Waals surface area contributed by atoms with E-state index < -0.39 is 12.6 Å². The van der Waals surface area contributed by atoms with Crippen molar-refractivity contribution in [2.75, 3.05) is 26.2 Å². The summed E-state index contributed by atoms with van der Waals surface area (Å²) in [6.07, 6.45) is -5.12. The molecule has 0 aromatic rings. The van der Waals surface area contributed by atoms with Gasteiger partial charge in [0.15, 0.2) is 5.96 Å². The van der Waals surface area contributed by atoms with Crippen LogP contribution in [0.15, 0.2) is 4.99 Å². The second-order valence-corrected chi connectivity index (χ2v) is 2.78. The number of hydrogen-bond donors (Lipinski definition) is 3. The van der Waals surface area contributed by atoms with Gasteiger partial charge in [0.25, 0.3) is 0 Å². The van der Waals surface area contributed by atoms with Crippen LogP contribution in [0.1, 0.15) is 13.3 Å². The van der Waals surface area contributed by atoms with Crippen molar-refractivity contribution in [3.05, 3.63) is 0 Å². The Labute approximate surface area is 110 Å². The number of aliphatic imine (C=N–C) groups is 1. The van der Waals surface area contributed by atoms with Crippen molar-refractivity contribution in [2.45, 2.75) is 19.5 Å². The molecule has 0 heterocycles. The number of rotatable bonds is 5. The third kappa shape index (κ3) is 11.8. The third-order valence-corrected chi connectivity index (χ3v) is 1.41. The lowest BCUT2D eigenvalue weighted by Gasteiger charge is -2.10. The van der Waals surface area contributed by atoms with Crippen molar-refractivity contribution in [1.29, 1.82) is 0 Å². The molecule has 0 aliphatic rings. The molecule has 0 saturated heterocycles. The second-order valence-electron chi connectivity index (χ2n) is 2.78. The van der Waals surface area contributed by atoms with E-state index in [2.05, 4.69) is 15.6 Å². The van der Waals surface area contributed by atoms with Gasteiger partial charge in [-0.05, 0) is 6.92 Å². The first kappa shape index (κ1) is 18.1. The predicted octanol–water partition coefficient (Wildman–Crippen LogP) is 1.10. The highest BCUT2D eigenvalue weighted by Gasteiger charge is 2.26. The average molecular weight is 355 g/mol. The molecule has 0 aromatic carbocycles. The molecule has 0 radical (unpaired) electrons. The maximum Gasteiger partial charge on any atom is 0.390 e. The van der Waals surface area contributed by atoms with Gasteiger partial charge in [0.05, 0.1) is 19.6 Å². The van der Waals surface area contributed by atoms with Gasteiger partial charge >= 0.3 is 6.18 Å². The Kier molecular flexibility index (Phi) is 11.3. The summed E-state index contributed by atoms with van der Waals surface area (Å²) in [7, 11) is 0. The van der Waals surface area contributed by atoms with Crippen molar-refractivity contribution in [1.82, 2.24) is 10.6 Å². The lowest BCUT2D eigenvalue weighted by atomic mass is 10.4. The maximum atomic E-state index is 11.8. The van der Waals surface area contributed by atoms with Crippen LogP contribution in [0.4, 0.5) is 13.2 Å². The molecule has 0 unspecified atom stereocenters. The average Bonchev–Trinajstić information content (AvgIpc) is 2.12. The Morgan fingerprint density at radius 3 is 2.38 bits per heavy atom. The van der Waals surface area contributed by atoms with Crippen LogP contribution in [-0.4, -0.2) is 43.5 Å². The molecule has 0 aliphatic carbocycles. The van der Waals surface area contributed by atoms with Gasteiger partial charge < -0.3 is 15.7 Å². The molecule has 8 heteroatoms. The van der Waals surface area contributed by atoms with Crippen LogP contribution in [0, 0.1) is 0 Å². The van der Waals surface area contributed by atoms with Crippen LogP contribution in [0.3, 0.4) is 0 Å². The molecular formula is C8H17F3IN3O. The van der Waals surface area contributed by atoms with Crippen LogP contribution in [0.2, 0.25) is 0 Å². The molecule has 4 nitrogen and oxygen atoms in total. The van der Waals surface area contributed by atoms with E-state index in [1.54, 1.807) is 6.92 Å². The number of guanidine groups is 1. The summed E-state index contributed by atoms with van der Waals surface area (Å²) >= 11 is 0. The highest BCUT2D eigenvalue weighted by Crippen LogP contribution is 2.18. The first-order valence-electron chi connectivity index (χ1n) is 4.69. The Morgan fingerprint density at radius 1 is 1.31 bits per heavy atom. The van der Waals surface area contributed by atoms with Gasteiger partial charge in [0.1, 0.15) is 0 Å². The molecule has 0 saturated carbocycles. The fourth-order valence-electron chi connectivity index (χ4n) is 0.811. The number of alkyl halides is 3. The minimum Gasteiger partial charge on any atom is -0.395 e. The van der Waals surface area contributed by atoms with Gasteiger partial charge in [-0.15, -0.1) is 24.0 Å². The van der Waals surface area contributed by atoms with Crippen molar-refractivity contribution in [3.63, 3.8) is 0 Å². The summed E-state index contributed by atoms with van der Waals surface area (Å²) in [6, 6.07) is 0. The summed E-state index contributed by atoms with van der Waals surface area (Å²) in [5.74, 6) is 0.288. The lowest BCUT2D eigenvalue weighted by Crippen LogP contribution is -2.38. The van der Waals surface area contributed by atoms with Gasteiger partial charge in [-0.1, -0.05) is 0 Å². The minimum absolute atomic E-state index is 0. The molecular weight excluding hydrogens is 338 g/mol. The Hall–Kier alpha value is -0.250. The van der Waals surface area contributed by atoms with Crippen molar-refractivity contribution >= 4 is 29.9 Å². The zero-order chi connectivity index (χ0) is 11.7. The first-order chi connectivity index (χ1) is 6.99. The molecule has 0 rings (SSSR count). The molecule has 98 valence electrons. The zero-order valence-electron chi connectivity index (χ0n) is 8.97. The molecule has 0 fully saturated rings. The molecule has 3 N–H and O–H groups in total. The van der Waals surface area contributed by atoms with Crippen LogP contribution < -0.4 is 10.6 Å². The number of halogens is 4. The highest BCUT2D eigenvalue weighted by molar-refractivity contribution is 14.0. The summed E-state index contributed by atoms with van der Waals surface area (Å²) in [5.41, 5.74) is 0. The van der Waals surface area contributed by atoms with Crippen LogP contribution in [0.5, 0.6) is 0 Å². The lowest BCUT2D eigenvalue weighted by molar-refractivity contribution is -0.132. The van der Waals surface area contributed by atoms with Gasteiger partial charge in [-0.3, -0.25) is 4.99 Å². The van der Waals surface area contributed by atoms with E-state index in [1.165, 1.54) is 0 Å². The van der Waals surface area contributed by atoms with E-state index in [0.717, 1.165) is 0 Å². The molecule has 0 amide bonds. The standard InChI is InChI=1S/C8H16F3N3O.HI/c1-2-12-7(14-5-6-15)13-4-3-8(9,10)11;/h15H,2-6H2,1H3,(H2,12,13,14);1H. The van der Waals surface area contributed by atoms with Crippen molar-refractivity contribution < 1.29 is 18.3 Å². The van der Waals surface area contributed by atoms with E-state index in [-0.39, 0.29) is 49.6 Å². The van der Waals surface area contributed by atoms with Gasteiger partial charge in [-0.25, -0.2) is 0 Å². The molecule has 0 spiro atoms. The quantitative estimate of drug-likeness (QED) is 0.393. The molecule has 0 bridgehead atoms. The number of nitrogens with zero attached hydrogens (tertiary/aromatic N) is 1. The van der Waals surface area contributed by atoms with E-state index in [9.17, 15) is 13.2 Å². The van der Waals surface area contributed by atoms with Crippen molar-refractivity contribution in [3.8, 4) is 0 Å². The van der Waals surface area contributed by atoms with Crippen LogP contribution >= 0.6 is 24.0 Å². The number of aliphatic hydroxyl groups excluding tert-OH is 1. The highest BCUT2D eigenvalue weighted by atomic mass is 127. The van der Waals surface area contributed by atoms with E-state index in [1.807, 2.05) is 0 Å². The fraction of sp³-hybridized carbons (Fsp3) is 0.875. The summed E-state index contributed by atoms with van der Waals surface area (Å²) < 4.78 is 35.4. The smallest absolute Gasteiger partial charge is 0.390 e. The largest absolute Gasteiger partial charge is 0.395 e. The Morgan fingerprint density at radius 2 is 1.94 bits per heavy atom. The normalized spacial score (nSPS) is 11.9. The van der Waals surface area contributed by atoms with E-state index >= 15 is 0 Å². The summed E-state index contributed by atoms with van der Waals surface area (Å²) in [5, 5.41) is 14.0. The summed E-state index contributed by atoms with van der Waals surface area (Å²) in [6.45, 7) is 2.22. The van der Waals surface area contributed by atoms with Crippen LogP contribution in [-0.2, 0) is 0 Å². The summed E-state index contributed by atoms with van der Waals surface area (Å²) in [4.78, 5) is 3.70. The number of aliphatic hydroxyl groups is 1. The molecule has 16 heavy (non-hydrogen) atoms. The third-order valence-electron chi connectivity index (χ3n) is 1.41. The molecule has 0 atom stereocenters. The van der Waals surface area contributed by atoms with E-state index in [0.29, 0.717) is 6.54 Å². The number of nitrogens with one attached hydrogen (secondary N) is 2. The monoisotopic (exact) mass is 355 g/mol. The Balaban J connectivity index is 0. The second kappa shape index (κ2) is 9.94. The Bertz CT molecular complexity index is 199. The SMILES string of the molecule is CCNC(=NCCC(F)(F)F)NCCO.I. The molecule has 0 aliphatic heterocycles. The van der Waals surface area contributed by atoms with Crippen LogP contribution in [0.25, 0.3) is 0 Å². The number of hydrogen-bond acceptors (Lipinski definition) is 2. The van der Waals surface area contributed by atoms with Crippen molar-refractivity contribution in [2.24, 2.45) is 4.99 Å². The van der Waals surface area contributed by atoms with Gasteiger partial charge in [0, 0.05) is 13.1 Å².